The second-order valence-corrected chi connectivity index (χ2v) is 8.89. The summed E-state index contributed by atoms with van der Waals surface area (Å²) in [6.07, 6.45) is 8.04. The molecule has 1 aliphatic carbocycles. The van der Waals surface area contributed by atoms with Gasteiger partial charge in [-0.15, -0.1) is 11.3 Å². The Kier molecular flexibility index (Phi) is 4.69. The molecule has 1 saturated carbocycles. The number of aromatic nitrogens is 1. The fourth-order valence-electron chi connectivity index (χ4n) is 4.33. The molecule has 0 radical (unpaired) electrons. The van der Waals surface area contributed by atoms with Gasteiger partial charge < -0.3 is 15.0 Å². The summed E-state index contributed by atoms with van der Waals surface area (Å²) in [6, 6.07) is 9.31. The van der Waals surface area contributed by atoms with Crippen molar-refractivity contribution in [3.63, 3.8) is 0 Å². The SMILES string of the molecule is c1cc(-c2nc3c(s2)CCNC3)ccc1O[C@H]1C[C@H](N2CCCCC2)C1. The van der Waals surface area contributed by atoms with Crippen molar-refractivity contribution in [3.8, 4) is 16.3 Å². The number of thiazole rings is 1. The van der Waals surface area contributed by atoms with Crippen LogP contribution in [0.25, 0.3) is 10.6 Å². The van der Waals surface area contributed by atoms with Crippen molar-refractivity contribution in [2.24, 2.45) is 0 Å². The molecule has 0 amide bonds. The van der Waals surface area contributed by atoms with Crippen LogP contribution >= 0.6 is 11.3 Å². The van der Waals surface area contributed by atoms with Crippen LogP contribution in [0.15, 0.2) is 24.3 Å². The van der Waals surface area contributed by atoms with E-state index in [4.69, 9.17) is 9.72 Å². The maximum Gasteiger partial charge on any atom is 0.123 e. The number of ether oxygens (including phenoxy) is 1. The van der Waals surface area contributed by atoms with Gasteiger partial charge in [-0.05, 0) is 56.6 Å². The number of hydrogen-bond donors (Lipinski definition) is 1. The van der Waals surface area contributed by atoms with E-state index in [1.807, 2.05) is 11.3 Å². The first-order chi connectivity index (χ1) is 12.8. The lowest BCUT2D eigenvalue weighted by molar-refractivity contribution is 0.00893. The van der Waals surface area contributed by atoms with Crippen LogP contribution in [0.4, 0.5) is 0 Å². The van der Waals surface area contributed by atoms with E-state index < -0.39 is 0 Å². The highest BCUT2D eigenvalue weighted by molar-refractivity contribution is 7.15. The van der Waals surface area contributed by atoms with E-state index in [0.29, 0.717) is 6.10 Å². The monoisotopic (exact) mass is 369 g/mol. The quantitative estimate of drug-likeness (QED) is 0.888. The van der Waals surface area contributed by atoms with E-state index in [9.17, 15) is 0 Å². The van der Waals surface area contributed by atoms with Crippen LogP contribution < -0.4 is 10.1 Å². The number of hydrogen-bond acceptors (Lipinski definition) is 5. The molecule has 2 aliphatic heterocycles. The summed E-state index contributed by atoms with van der Waals surface area (Å²) in [4.78, 5) is 8.92. The largest absolute Gasteiger partial charge is 0.490 e. The first-order valence-corrected chi connectivity index (χ1v) is 10.9. The molecule has 1 aromatic carbocycles. The van der Waals surface area contributed by atoms with Gasteiger partial charge in [0.25, 0.3) is 0 Å². The van der Waals surface area contributed by atoms with Crippen LogP contribution in [0, 0.1) is 0 Å². The molecule has 4 nitrogen and oxygen atoms in total. The first-order valence-electron chi connectivity index (χ1n) is 10.1. The highest BCUT2D eigenvalue weighted by Crippen LogP contribution is 2.34. The smallest absolute Gasteiger partial charge is 0.123 e. The summed E-state index contributed by atoms with van der Waals surface area (Å²) in [5, 5.41) is 4.54. The molecule has 1 N–H and O–H groups in total. The Morgan fingerprint density at radius 3 is 2.65 bits per heavy atom. The molecule has 0 unspecified atom stereocenters. The molecule has 138 valence electrons. The van der Waals surface area contributed by atoms with E-state index >= 15 is 0 Å². The average molecular weight is 370 g/mol. The number of nitrogens with one attached hydrogen (secondary N) is 1. The van der Waals surface area contributed by atoms with Gasteiger partial charge in [0.05, 0.1) is 5.69 Å². The van der Waals surface area contributed by atoms with Crippen molar-refractivity contribution >= 4 is 11.3 Å². The lowest BCUT2D eigenvalue weighted by Crippen LogP contribution is -2.50. The van der Waals surface area contributed by atoms with E-state index in [-0.39, 0.29) is 0 Å². The zero-order valence-electron chi connectivity index (χ0n) is 15.2. The summed E-state index contributed by atoms with van der Waals surface area (Å²) in [7, 11) is 0. The topological polar surface area (TPSA) is 37.4 Å². The molecule has 1 aromatic heterocycles. The summed E-state index contributed by atoms with van der Waals surface area (Å²) < 4.78 is 6.19. The van der Waals surface area contributed by atoms with Gasteiger partial charge >= 0.3 is 0 Å². The molecule has 2 aromatic rings. The van der Waals surface area contributed by atoms with Crippen molar-refractivity contribution in [1.29, 1.82) is 0 Å². The van der Waals surface area contributed by atoms with Crippen molar-refractivity contribution in [3.05, 3.63) is 34.8 Å². The summed E-state index contributed by atoms with van der Waals surface area (Å²) in [6.45, 7) is 4.56. The van der Waals surface area contributed by atoms with Gasteiger partial charge in [0, 0.05) is 42.4 Å². The normalized spacial score (nSPS) is 26.2. The molecule has 5 heteroatoms. The predicted molar refractivity (Wildman–Crippen MR) is 106 cm³/mol. The number of nitrogens with zero attached hydrogens (tertiary/aromatic N) is 2. The Morgan fingerprint density at radius 2 is 1.88 bits per heavy atom. The number of fused-ring (bicyclic) bond motifs is 1. The van der Waals surface area contributed by atoms with Crippen LogP contribution in [-0.2, 0) is 13.0 Å². The van der Waals surface area contributed by atoms with Crippen LogP contribution in [0.1, 0.15) is 42.7 Å². The zero-order chi connectivity index (χ0) is 17.3. The van der Waals surface area contributed by atoms with Gasteiger partial charge in [-0.1, -0.05) is 6.42 Å². The highest BCUT2D eigenvalue weighted by Gasteiger charge is 2.35. The molecular formula is C21H27N3OS. The summed E-state index contributed by atoms with van der Waals surface area (Å²) in [5.41, 5.74) is 2.44. The zero-order valence-corrected chi connectivity index (χ0v) is 16.1. The van der Waals surface area contributed by atoms with Crippen molar-refractivity contribution in [2.75, 3.05) is 19.6 Å². The van der Waals surface area contributed by atoms with Crippen molar-refractivity contribution in [1.82, 2.24) is 15.2 Å². The van der Waals surface area contributed by atoms with E-state index in [0.717, 1.165) is 36.3 Å². The molecule has 3 heterocycles. The standard InChI is InChI=1S/C21H27N3OS/c1-2-10-24(11-3-1)16-12-18(13-16)25-17-6-4-15(5-7-17)21-23-19-14-22-9-8-20(19)26-21/h4-7,16,18,22H,1-3,8-14H2/t16-,18-. The summed E-state index contributed by atoms with van der Waals surface area (Å²) >= 11 is 1.84. The lowest BCUT2D eigenvalue weighted by Gasteiger charge is -2.44. The molecule has 0 atom stereocenters. The van der Waals surface area contributed by atoms with Gasteiger partial charge in [0.2, 0.25) is 0 Å². The van der Waals surface area contributed by atoms with E-state index in [1.54, 1.807) is 0 Å². The second-order valence-electron chi connectivity index (χ2n) is 7.80. The average Bonchev–Trinajstić information content (AvgIpc) is 3.10. The number of piperidine rings is 1. The van der Waals surface area contributed by atoms with Crippen LogP contribution in [0.5, 0.6) is 5.75 Å². The highest BCUT2D eigenvalue weighted by atomic mass is 32.1. The Morgan fingerprint density at radius 1 is 1.08 bits per heavy atom. The van der Waals surface area contributed by atoms with Crippen LogP contribution in [0.3, 0.4) is 0 Å². The number of rotatable bonds is 4. The molecule has 26 heavy (non-hydrogen) atoms. The lowest BCUT2D eigenvalue weighted by atomic mass is 9.86. The Labute approximate surface area is 159 Å². The molecule has 5 rings (SSSR count). The fourth-order valence-corrected chi connectivity index (χ4v) is 5.42. The molecule has 1 saturated heterocycles. The second kappa shape index (κ2) is 7.29. The number of likely N-dealkylation sites (tertiary alicyclic amines) is 1. The third-order valence-electron chi connectivity index (χ3n) is 5.98. The van der Waals surface area contributed by atoms with E-state index in [2.05, 4.69) is 34.5 Å². The molecule has 2 fully saturated rings. The molecular weight excluding hydrogens is 342 g/mol. The van der Waals surface area contributed by atoms with Gasteiger partial charge in [-0.3, -0.25) is 0 Å². The number of benzene rings is 1. The Bertz CT molecular complexity index is 722. The van der Waals surface area contributed by atoms with Crippen molar-refractivity contribution < 1.29 is 4.74 Å². The third-order valence-corrected chi connectivity index (χ3v) is 7.19. The predicted octanol–water partition coefficient (Wildman–Crippen LogP) is 3.85. The summed E-state index contributed by atoms with van der Waals surface area (Å²) in [5.74, 6) is 0.999. The first kappa shape index (κ1) is 16.7. The van der Waals surface area contributed by atoms with Gasteiger partial charge in [-0.25, -0.2) is 4.98 Å². The fraction of sp³-hybridized carbons (Fsp3) is 0.571. The molecule has 0 spiro atoms. The van der Waals surface area contributed by atoms with E-state index in [1.165, 1.54) is 61.3 Å². The van der Waals surface area contributed by atoms with Gasteiger partial charge in [-0.2, -0.15) is 0 Å². The van der Waals surface area contributed by atoms with Gasteiger partial charge in [0.1, 0.15) is 16.9 Å². The third kappa shape index (κ3) is 3.40. The molecule has 0 bridgehead atoms. The minimum atomic E-state index is 0.394. The van der Waals surface area contributed by atoms with Gasteiger partial charge in [0.15, 0.2) is 0 Å². The minimum Gasteiger partial charge on any atom is -0.490 e. The van der Waals surface area contributed by atoms with Crippen molar-refractivity contribution in [2.45, 2.75) is 57.2 Å². The Balaban J connectivity index is 1.18. The maximum atomic E-state index is 6.19. The maximum absolute atomic E-state index is 6.19. The molecule has 3 aliphatic rings. The van der Waals surface area contributed by atoms with Crippen LogP contribution in [-0.4, -0.2) is 41.7 Å². The van der Waals surface area contributed by atoms with Crippen LogP contribution in [0.2, 0.25) is 0 Å². The Hall–Kier alpha value is -1.43. The minimum absolute atomic E-state index is 0.394.